The van der Waals surface area contributed by atoms with Crippen LogP contribution in [0.25, 0.3) is 0 Å². The van der Waals surface area contributed by atoms with Crippen molar-refractivity contribution in [3.63, 3.8) is 0 Å². The second kappa shape index (κ2) is 8.79. The highest BCUT2D eigenvalue weighted by molar-refractivity contribution is 7.91. The molecule has 1 unspecified atom stereocenters. The Morgan fingerprint density at radius 3 is 2.79 bits per heavy atom. The van der Waals surface area contributed by atoms with Crippen LogP contribution in [0, 0.1) is 0 Å². The van der Waals surface area contributed by atoms with Gasteiger partial charge in [-0.1, -0.05) is 17.7 Å². The summed E-state index contributed by atoms with van der Waals surface area (Å²) in [6.45, 7) is 2.53. The van der Waals surface area contributed by atoms with Crippen molar-refractivity contribution in [2.24, 2.45) is 0 Å². The van der Waals surface area contributed by atoms with Crippen molar-refractivity contribution >= 4 is 33.2 Å². The monoisotopic (exact) mass is 423 g/mol. The van der Waals surface area contributed by atoms with Gasteiger partial charge < -0.3 is 15.0 Å². The van der Waals surface area contributed by atoms with Crippen molar-refractivity contribution in [2.75, 3.05) is 23.4 Å². The minimum atomic E-state index is -3.06. The highest BCUT2D eigenvalue weighted by Crippen LogP contribution is 2.29. The van der Waals surface area contributed by atoms with Gasteiger partial charge in [-0.25, -0.2) is 13.2 Å². The Balaban J connectivity index is 1.62. The van der Waals surface area contributed by atoms with Gasteiger partial charge >= 0.3 is 6.03 Å². The Morgan fingerprint density at radius 1 is 1.36 bits per heavy atom. The van der Waals surface area contributed by atoms with Gasteiger partial charge in [-0.05, 0) is 43.7 Å². The molecule has 2 heterocycles. The highest BCUT2D eigenvalue weighted by Gasteiger charge is 2.34. The number of carbonyl (C=O) groups excluding carboxylic acids is 1. The number of nitrogens with zero attached hydrogens (tertiary/aromatic N) is 2. The van der Waals surface area contributed by atoms with Crippen molar-refractivity contribution in [2.45, 2.75) is 26.0 Å². The van der Waals surface area contributed by atoms with Crippen LogP contribution in [-0.4, -0.2) is 48.4 Å². The molecule has 0 bridgehead atoms. The predicted octanol–water partition coefficient (Wildman–Crippen LogP) is 3.35. The number of hydrogen-bond acceptors (Lipinski definition) is 5. The number of ether oxygens (including phenoxy) is 1. The van der Waals surface area contributed by atoms with Crippen molar-refractivity contribution in [1.29, 1.82) is 0 Å². The predicted molar refractivity (Wildman–Crippen MR) is 108 cm³/mol. The van der Waals surface area contributed by atoms with E-state index < -0.39 is 9.84 Å². The standard InChI is InChI=1S/C19H22ClN3O4S/c1-2-23(16-8-10-28(25,26)13-16)19(24)22-14-6-7-18(17(20)11-14)27-12-15-5-3-4-9-21-15/h3-7,9,11,16H,2,8,10,12-13H2,1H3,(H,22,24). The van der Waals surface area contributed by atoms with Crippen LogP contribution < -0.4 is 10.1 Å². The first-order valence-corrected chi connectivity index (χ1v) is 11.2. The van der Waals surface area contributed by atoms with Gasteiger partial charge in [-0.15, -0.1) is 0 Å². The number of urea groups is 1. The number of carbonyl (C=O) groups is 1. The van der Waals surface area contributed by atoms with Crippen LogP contribution in [-0.2, 0) is 16.4 Å². The molecule has 1 aromatic carbocycles. The third-order valence-electron chi connectivity index (χ3n) is 4.54. The number of anilines is 1. The molecule has 1 atom stereocenters. The molecule has 0 saturated carbocycles. The molecular weight excluding hydrogens is 402 g/mol. The second-order valence-corrected chi connectivity index (χ2v) is 9.16. The molecular formula is C19H22ClN3O4S. The van der Waals surface area contributed by atoms with E-state index >= 15 is 0 Å². The van der Waals surface area contributed by atoms with E-state index in [1.807, 2.05) is 25.1 Å². The fourth-order valence-electron chi connectivity index (χ4n) is 3.11. The third-order valence-corrected chi connectivity index (χ3v) is 6.58. The van der Waals surface area contributed by atoms with Gasteiger partial charge in [-0.3, -0.25) is 4.98 Å². The summed E-state index contributed by atoms with van der Waals surface area (Å²) >= 11 is 6.27. The highest BCUT2D eigenvalue weighted by atomic mass is 35.5. The number of halogens is 1. The zero-order chi connectivity index (χ0) is 20.1. The number of aromatic nitrogens is 1. The molecule has 1 fully saturated rings. The Labute approximate surface area is 169 Å². The Morgan fingerprint density at radius 2 is 2.18 bits per heavy atom. The summed E-state index contributed by atoms with van der Waals surface area (Å²) in [4.78, 5) is 18.3. The van der Waals surface area contributed by atoms with Crippen molar-refractivity contribution < 1.29 is 17.9 Å². The van der Waals surface area contributed by atoms with Crippen LogP contribution in [0.1, 0.15) is 19.0 Å². The number of nitrogens with one attached hydrogen (secondary N) is 1. The lowest BCUT2D eigenvalue weighted by Gasteiger charge is -2.27. The number of amides is 2. The van der Waals surface area contributed by atoms with E-state index in [0.29, 0.717) is 29.4 Å². The Bertz CT molecular complexity index is 937. The minimum Gasteiger partial charge on any atom is -0.486 e. The molecule has 28 heavy (non-hydrogen) atoms. The topological polar surface area (TPSA) is 88.6 Å². The molecule has 1 N–H and O–H groups in total. The van der Waals surface area contributed by atoms with Gasteiger partial charge in [0.25, 0.3) is 0 Å². The number of pyridine rings is 1. The van der Waals surface area contributed by atoms with E-state index in [4.69, 9.17) is 16.3 Å². The minimum absolute atomic E-state index is 0.00924. The second-order valence-electron chi connectivity index (χ2n) is 6.53. The summed E-state index contributed by atoms with van der Waals surface area (Å²) in [6.07, 6.45) is 2.15. The smallest absolute Gasteiger partial charge is 0.322 e. The van der Waals surface area contributed by atoms with Crippen LogP contribution >= 0.6 is 11.6 Å². The molecule has 0 aliphatic carbocycles. The number of sulfone groups is 1. The zero-order valence-corrected chi connectivity index (χ0v) is 17.0. The average Bonchev–Trinajstić information content (AvgIpc) is 3.02. The molecule has 1 saturated heterocycles. The summed E-state index contributed by atoms with van der Waals surface area (Å²) in [5.74, 6) is 0.616. The fraction of sp³-hybridized carbons (Fsp3) is 0.368. The largest absolute Gasteiger partial charge is 0.486 e. The third kappa shape index (κ3) is 5.14. The van der Waals surface area contributed by atoms with E-state index in [1.165, 1.54) is 0 Å². The van der Waals surface area contributed by atoms with Crippen LogP contribution in [0.4, 0.5) is 10.5 Å². The summed E-state index contributed by atoms with van der Waals surface area (Å²) in [7, 11) is -3.06. The summed E-state index contributed by atoms with van der Waals surface area (Å²) in [5.41, 5.74) is 1.29. The van der Waals surface area contributed by atoms with Gasteiger partial charge in [0.05, 0.1) is 22.2 Å². The van der Waals surface area contributed by atoms with E-state index in [2.05, 4.69) is 10.3 Å². The molecule has 9 heteroatoms. The quantitative estimate of drug-likeness (QED) is 0.769. The summed E-state index contributed by atoms with van der Waals surface area (Å²) in [6, 6.07) is 9.88. The van der Waals surface area contributed by atoms with Crippen LogP contribution in [0.3, 0.4) is 0 Å². The molecule has 1 aliphatic rings. The summed E-state index contributed by atoms with van der Waals surface area (Å²) in [5, 5.41) is 3.14. The van der Waals surface area contributed by atoms with E-state index in [9.17, 15) is 13.2 Å². The molecule has 1 aliphatic heterocycles. The molecule has 150 valence electrons. The first-order chi connectivity index (χ1) is 13.4. The molecule has 0 spiro atoms. The fourth-order valence-corrected chi connectivity index (χ4v) is 5.08. The van der Waals surface area contributed by atoms with Gasteiger partial charge in [0.15, 0.2) is 9.84 Å². The van der Waals surface area contributed by atoms with E-state index in [0.717, 1.165) is 5.69 Å². The Kier molecular flexibility index (Phi) is 6.41. The number of hydrogen-bond donors (Lipinski definition) is 1. The maximum Gasteiger partial charge on any atom is 0.322 e. The van der Waals surface area contributed by atoms with E-state index in [1.54, 1.807) is 29.3 Å². The SMILES string of the molecule is CCN(C(=O)Nc1ccc(OCc2ccccn2)c(Cl)c1)C1CCS(=O)(=O)C1. The van der Waals surface area contributed by atoms with Crippen LogP contribution in [0.15, 0.2) is 42.6 Å². The maximum absolute atomic E-state index is 12.6. The van der Waals surface area contributed by atoms with Crippen LogP contribution in [0.2, 0.25) is 5.02 Å². The normalized spacial score (nSPS) is 17.9. The molecule has 2 aromatic rings. The maximum atomic E-state index is 12.6. The summed E-state index contributed by atoms with van der Waals surface area (Å²) < 4.78 is 29.1. The zero-order valence-electron chi connectivity index (χ0n) is 15.5. The van der Waals surface area contributed by atoms with Gasteiger partial charge in [0, 0.05) is 24.5 Å². The lowest BCUT2D eigenvalue weighted by molar-refractivity contribution is 0.197. The van der Waals surface area contributed by atoms with Crippen LogP contribution in [0.5, 0.6) is 5.75 Å². The molecule has 2 amide bonds. The van der Waals surface area contributed by atoms with E-state index in [-0.39, 0.29) is 30.2 Å². The molecule has 7 nitrogen and oxygen atoms in total. The first kappa shape index (κ1) is 20.4. The number of benzene rings is 1. The van der Waals surface area contributed by atoms with Gasteiger partial charge in [0.1, 0.15) is 12.4 Å². The van der Waals surface area contributed by atoms with Crippen molar-refractivity contribution in [3.8, 4) is 5.75 Å². The first-order valence-electron chi connectivity index (χ1n) is 8.98. The van der Waals surface area contributed by atoms with Crippen molar-refractivity contribution in [1.82, 2.24) is 9.88 Å². The van der Waals surface area contributed by atoms with Gasteiger partial charge in [-0.2, -0.15) is 0 Å². The molecule has 0 radical (unpaired) electrons. The molecule has 1 aromatic heterocycles. The Hall–Kier alpha value is -2.32. The molecule has 3 rings (SSSR count). The van der Waals surface area contributed by atoms with Crippen molar-refractivity contribution in [3.05, 3.63) is 53.3 Å². The lowest BCUT2D eigenvalue weighted by atomic mass is 10.2. The van der Waals surface area contributed by atoms with Gasteiger partial charge in [0.2, 0.25) is 0 Å². The lowest BCUT2D eigenvalue weighted by Crippen LogP contribution is -2.43. The average molecular weight is 424 g/mol. The number of rotatable bonds is 6.